The molecule has 1 aliphatic rings. The number of hydrogen-bond acceptors (Lipinski definition) is 0. The van der Waals surface area contributed by atoms with Crippen LogP contribution in [0.2, 0.25) is 0 Å². The zero-order valence-electron chi connectivity index (χ0n) is 5.24. The molecule has 0 nitrogen and oxygen atoms in total. The largest absolute Gasteiger partial charge is 0.0958 e. The molecular weight excluding hydrogens is 138 g/mol. The minimum atomic E-state index is -0.146. The second-order valence-electron chi connectivity index (χ2n) is 2.34. The summed E-state index contributed by atoms with van der Waals surface area (Å²) in [7, 11) is -0.146. The maximum atomic E-state index is 5.93. The van der Waals surface area contributed by atoms with E-state index >= 15 is 0 Å². The van der Waals surface area contributed by atoms with Crippen molar-refractivity contribution in [1.82, 2.24) is 0 Å². The molecule has 0 spiro atoms. The summed E-state index contributed by atoms with van der Waals surface area (Å²) in [4.78, 5) is 0. The summed E-state index contributed by atoms with van der Waals surface area (Å²) in [5, 5.41) is 0. The first-order valence-corrected chi connectivity index (χ1v) is 5.38. The van der Waals surface area contributed by atoms with Crippen molar-refractivity contribution in [3.63, 3.8) is 0 Å². The molecule has 0 fully saturated rings. The molecule has 2 heteroatoms. The highest BCUT2D eigenvalue weighted by Crippen LogP contribution is 2.49. The highest BCUT2D eigenvalue weighted by molar-refractivity contribution is 7.84. The van der Waals surface area contributed by atoms with Gasteiger partial charge in [0.25, 0.3) is 0 Å². The molecule has 0 radical (unpaired) electrons. The molecule has 1 rings (SSSR count). The SMILES string of the molecule is CC1=C(C)CP(Cl)C1. The predicted molar refractivity (Wildman–Crippen MR) is 40.9 cm³/mol. The normalized spacial score (nSPS) is 22.9. The Kier molecular flexibility index (Phi) is 1.95. The Morgan fingerprint density at radius 1 is 1.25 bits per heavy atom. The Morgan fingerprint density at radius 3 is 1.75 bits per heavy atom. The van der Waals surface area contributed by atoms with Crippen LogP contribution in [-0.4, -0.2) is 12.3 Å². The van der Waals surface area contributed by atoms with Crippen LogP contribution in [0.15, 0.2) is 11.1 Å². The monoisotopic (exact) mass is 148 g/mol. The summed E-state index contributed by atoms with van der Waals surface area (Å²) >= 11 is 5.93. The molecule has 0 aromatic heterocycles. The molecule has 8 heavy (non-hydrogen) atoms. The highest BCUT2D eigenvalue weighted by atomic mass is 35.7. The highest BCUT2D eigenvalue weighted by Gasteiger charge is 2.14. The topological polar surface area (TPSA) is 0 Å². The minimum Gasteiger partial charge on any atom is -0.0958 e. The van der Waals surface area contributed by atoms with Crippen LogP contribution in [0.25, 0.3) is 0 Å². The number of hydrogen-bond donors (Lipinski definition) is 0. The molecule has 0 N–H and O–H groups in total. The first-order valence-electron chi connectivity index (χ1n) is 2.76. The van der Waals surface area contributed by atoms with E-state index in [1.54, 1.807) is 0 Å². The average molecular weight is 149 g/mol. The van der Waals surface area contributed by atoms with Crippen LogP contribution in [0.3, 0.4) is 0 Å². The van der Waals surface area contributed by atoms with E-state index in [0.29, 0.717) is 0 Å². The zero-order valence-corrected chi connectivity index (χ0v) is 6.89. The zero-order chi connectivity index (χ0) is 6.15. The quantitative estimate of drug-likeness (QED) is 0.366. The fourth-order valence-electron chi connectivity index (χ4n) is 0.841. The second kappa shape index (κ2) is 2.37. The summed E-state index contributed by atoms with van der Waals surface area (Å²) in [6.07, 6.45) is 2.34. The van der Waals surface area contributed by atoms with Crippen molar-refractivity contribution in [2.24, 2.45) is 0 Å². The van der Waals surface area contributed by atoms with E-state index in [-0.39, 0.29) is 7.27 Å². The van der Waals surface area contributed by atoms with Gasteiger partial charge in [0.2, 0.25) is 0 Å². The Labute approximate surface area is 56.5 Å². The van der Waals surface area contributed by atoms with E-state index in [1.165, 1.54) is 23.5 Å². The Morgan fingerprint density at radius 2 is 1.62 bits per heavy atom. The molecule has 0 atom stereocenters. The lowest BCUT2D eigenvalue weighted by molar-refractivity contribution is 1.29. The van der Waals surface area contributed by atoms with Crippen LogP contribution in [0, 0.1) is 0 Å². The van der Waals surface area contributed by atoms with Crippen molar-refractivity contribution in [3.05, 3.63) is 11.1 Å². The molecule has 0 amide bonds. The molecule has 0 unspecified atom stereocenters. The number of rotatable bonds is 0. The summed E-state index contributed by atoms with van der Waals surface area (Å²) in [5.41, 5.74) is 3.04. The van der Waals surface area contributed by atoms with Gasteiger partial charge >= 0.3 is 0 Å². The van der Waals surface area contributed by atoms with E-state index in [2.05, 4.69) is 13.8 Å². The summed E-state index contributed by atoms with van der Waals surface area (Å²) in [6.45, 7) is 4.36. The van der Waals surface area contributed by atoms with Crippen molar-refractivity contribution in [2.75, 3.05) is 12.3 Å². The molecule has 0 aromatic rings. The van der Waals surface area contributed by atoms with Crippen molar-refractivity contribution < 1.29 is 0 Å². The van der Waals surface area contributed by atoms with Gasteiger partial charge in [-0.3, -0.25) is 0 Å². The standard InChI is InChI=1S/C6H10ClP/c1-5-3-8(7)4-6(5)2/h3-4H2,1-2H3. The van der Waals surface area contributed by atoms with Crippen LogP contribution < -0.4 is 0 Å². The number of allylic oxidation sites excluding steroid dienone is 2. The van der Waals surface area contributed by atoms with E-state index in [1.807, 2.05) is 0 Å². The molecule has 46 valence electrons. The van der Waals surface area contributed by atoms with Gasteiger partial charge in [0.15, 0.2) is 0 Å². The van der Waals surface area contributed by atoms with Gasteiger partial charge < -0.3 is 0 Å². The fraction of sp³-hybridized carbons (Fsp3) is 0.667. The summed E-state index contributed by atoms with van der Waals surface area (Å²) < 4.78 is 0. The molecule has 0 bridgehead atoms. The Balaban J connectivity index is 2.60. The van der Waals surface area contributed by atoms with E-state index in [4.69, 9.17) is 11.2 Å². The van der Waals surface area contributed by atoms with Crippen molar-refractivity contribution in [1.29, 1.82) is 0 Å². The lowest BCUT2D eigenvalue weighted by atomic mass is 10.2. The van der Waals surface area contributed by atoms with Gasteiger partial charge in [-0.25, -0.2) is 0 Å². The third-order valence-corrected chi connectivity index (χ3v) is 3.90. The maximum absolute atomic E-state index is 5.93. The smallest absolute Gasteiger partial charge is 0.00274 e. The maximum Gasteiger partial charge on any atom is 0.00274 e. The summed E-state index contributed by atoms with van der Waals surface area (Å²) in [5.74, 6) is 0. The molecule has 0 saturated heterocycles. The van der Waals surface area contributed by atoms with Crippen molar-refractivity contribution in [3.8, 4) is 0 Å². The van der Waals surface area contributed by atoms with Gasteiger partial charge in [0, 0.05) is 12.3 Å². The third kappa shape index (κ3) is 1.24. The van der Waals surface area contributed by atoms with Crippen LogP contribution in [0.1, 0.15) is 13.8 Å². The first kappa shape index (κ1) is 6.58. The predicted octanol–water partition coefficient (Wildman–Crippen LogP) is 2.97. The number of halogens is 1. The molecule has 1 aliphatic heterocycles. The van der Waals surface area contributed by atoms with E-state index < -0.39 is 0 Å². The molecule has 0 aliphatic carbocycles. The molecule has 1 heterocycles. The molecular formula is C6H10ClP. The summed E-state index contributed by atoms with van der Waals surface area (Å²) in [6, 6.07) is 0. The van der Waals surface area contributed by atoms with Crippen LogP contribution in [0.4, 0.5) is 0 Å². The Bertz CT molecular complexity index is 114. The Hall–Kier alpha value is 0.460. The van der Waals surface area contributed by atoms with E-state index in [0.717, 1.165) is 0 Å². The van der Waals surface area contributed by atoms with Crippen molar-refractivity contribution >= 4 is 18.5 Å². The molecule has 0 saturated carbocycles. The van der Waals surface area contributed by atoms with Gasteiger partial charge in [-0.2, -0.15) is 0 Å². The van der Waals surface area contributed by atoms with Gasteiger partial charge in [-0.05, 0) is 21.1 Å². The second-order valence-corrected chi connectivity index (χ2v) is 5.33. The fourth-order valence-corrected chi connectivity index (χ4v) is 3.60. The lowest BCUT2D eigenvalue weighted by Gasteiger charge is -1.93. The first-order chi connectivity index (χ1) is 3.70. The van der Waals surface area contributed by atoms with Crippen molar-refractivity contribution in [2.45, 2.75) is 13.8 Å². The van der Waals surface area contributed by atoms with Crippen LogP contribution in [-0.2, 0) is 0 Å². The lowest BCUT2D eigenvalue weighted by Crippen LogP contribution is -1.74. The van der Waals surface area contributed by atoms with E-state index in [9.17, 15) is 0 Å². The van der Waals surface area contributed by atoms with Crippen LogP contribution in [0.5, 0.6) is 0 Å². The van der Waals surface area contributed by atoms with Crippen LogP contribution >= 0.6 is 18.5 Å². The average Bonchev–Trinajstić information content (AvgIpc) is 1.85. The van der Waals surface area contributed by atoms with Gasteiger partial charge in [-0.1, -0.05) is 22.4 Å². The third-order valence-electron chi connectivity index (χ3n) is 1.55. The minimum absolute atomic E-state index is 0.146. The van der Waals surface area contributed by atoms with Gasteiger partial charge in [-0.15, -0.1) is 0 Å². The van der Waals surface area contributed by atoms with Gasteiger partial charge in [0.05, 0.1) is 0 Å². The molecule has 0 aromatic carbocycles. The van der Waals surface area contributed by atoms with Gasteiger partial charge in [0.1, 0.15) is 0 Å².